The van der Waals surface area contributed by atoms with Gasteiger partial charge in [-0.05, 0) is 50.1 Å². The number of hydrogen-bond donors (Lipinski definition) is 0. The maximum Gasteiger partial charge on any atom is 0.319 e. The third-order valence-electron chi connectivity index (χ3n) is 9.87. The van der Waals surface area contributed by atoms with Gasteiger partial charge in [0.25, 0.3) is 0 Å². The Hall–Kier alpha value is -3.81. The molecule has 4 fully saturated rings. The van der Waals surface area contributed by atoms with E-state index in [0.717, 1.165) is 49.4 Å². The molecule has 8 rings (SSSR count). The van der Waals surface area contributed by atoms with Gasteiger partial charge in [-0.15, -0.1) is 0 Å². The summed E-state index contributed by atoms with van der Waals surface area (Å²) in [5.74, 6) is -0.00338. The topological polar surface area (TPSA) is 81.4 Å². The monoisotopic (exact) mass is 615 g/mol. The first-order chi connectivity index (χ1) is 21.4. The molecule has 0 bridgehead atoms. The van der Waals surface area contributed by atoms with E-state index in [0.29, 0.717) is 47.8 Å². The summed E-state index contributed by atoms with van der Waals surface area (Å²) in [7, 11) is 0. The van der Waals surface area contributed by atoms with Crippen LogP contribution in [-0.2, 0) is 0 Å². The van der Waals surface area contributed by atoms with Gasteiger partial charge < -0.3 is 14.5 Å². The van der Waals surface area contributed by atoms with Crippen LogP contribution in [0.25, 0.3) is 32.9 Å². The van der Waals surface area contributed by atoms with Gasteiger partial charge in [-0.1, -0.05) is 41.9 Å². The molecule has 3 atom stereocenters. The molecule has 2 aromatic carbocycles. The third kappa shape index (κ3) is 4.60. The lowest BCUT2D eigenvalue weighted by atomic mass is 9.95. The van der Waals surface area contributed by atoms with Crippen LogP contribution in [-0.4, -0.2) is 81.3 Å². The van der Waals surface area contributed by atoms with Crippen LogP contribution in [0.3, 0.4) is 0 Å². The van der Waals surface area contributed by atoms with Gasteiger partial charge in [0.15, 0.2) is 12.0 Å². The van der Waals surface area contributed by atoms with Gasteiger partial charge in [-0.2, -0.15) is 15.2 Å². The van der Waals surface area contributed by atoms with Crippen molar-refractivity contribution >= 4 is 39.1 Å². The average Bonchev–Trinajstić information content (AvgIpc) is 3.47. The summed E-state index contributed by atoms with van der Waals surface area (Å²) in [6.07, 6.45) is 8.06. The first kappa shape index (κ1) is 27.7. The summed E-state index contributed by atoms with van der Waals surface area (Å²) in [6, 6.07) is 11.6. The number of nitrogens with zero attached hydrogens (tertiary/aromatic N) is 7. The Bertz CT molecular complexity index is 1810. The van der Waals surface area contributed by atoms with E-state index in [1.54, 1.807) is 17.2 Å². The molecule has 3 aliphatic heterocycles. The highest BCUT2D eigenvalue weighted by atomic mass is 35.5. The van der Waals surface area contributed by atoms with Crippen LogP contribution in [0.15, 0.2) is 42.6 Å². The number of benzene rings is 2. The molecule has 1 aliphatic carbocycles. The Kier molecular flexibility index (Phi) is 6.72. The summed E-state index contributed by atoms with van der Waals surface area (Å²) < 4.78 is 37.6. The Balaban J connectivity index is 1.26. The van der Waals surface area contributed by atoms with Gasteiger partial charge in [0.2, 0.25) is 0 Å². The van der Waals surface area contributed by atoms with Crippen LogP contribution < -0.4 is 9.64 Å². The van der Waals surface area contributed by atoms with Crippen molar-refractivity contribution in [2.75, 3.05) is 37.7 Å². The molecule has 5 heterocycles. The van der Waals surface area contributed by atoms with Crippen LogP contribution in [0, 0.1) is 17.3 Å². The van der Waals surface area contributed by atoms with Crippen molar-refractivity contribution in [3.63, 3.8) is 0 Å². The van der Waals surface area contributed by atoms with E-state index in [1.165, 1.54) is 0 Å². The number of nitriles is 1. The number of pyridine rings is 1. The maximum atomic E-state index is 16.8. The molecule has 1 unspecified atom stereocenters. The van der Waals surface area contributed by atoms with E-state index < -0.39 is 17.5 Å². The second-order valence-electron chi connectivity index (χ2n) is 12.6. The zero-order chi connectivity index (χ0) is 30.0. The zero-order valence-corrected chi connectivity index (χ0v) is 25.0. The lowest BCUT2D eigenvalue weighted by molar-refractivity contribution is 0.107. The standard InChI is InChI=1S/C33H32ClF2N7O/c34-26-7-2-5-20-4-1-6-24(27(20)26)29-28(36)30-25(15-38-29)31(43(22-8-9-22)23-10-13-41(17-23)19-37)40-32(39-30)44-18-33-11-3-12-42(33)16-21(35)14-33/h1-2,4-7,15,21-23H,3,8-14,16-18H2/t21-,23?,33+/m1/s1. The molecule has 0 spiro atoms. The lowest BCUT2D eigenvalue weighted by Gasteiger charge is -2.32. The van der Waals surface area contributed by atoms with E-state index in [4.69, 9.17) is 21.3 Å². The molecule has 44 heavy (non-hydrogen) atoms. The van der Waals surface area contributed by atoms with Crippen LogP contribution in [0.2, 0.25) is 5.02 Å². The third-order valence-corrected chi connectivity index (χ3v) is 10.2. The number of halogens is 3. The highest BCUT2D eigenvalue weighted by Crippen LogP contribution is 2.43. The van der Waals surface area contributed by atoms with Gasteiger partial charge in [0, 0.05) is 54.3 Å². The van der Waals surface area contributed by atoms with E-state index in [9.17, 15) is 9.65 Å². The molecule has 11 heteroatoms. The van der Waals surface area contributed by atoms with Gasteiger partial charge >= 0.3 is 6.01 Å². The van der Waals surface area contributed by atoms with Crippen molar-refractivity contribution in [3.8, 4) is 23.5 Å². The van der Waals surface area contributed by atoms with E-state index in [-0.39, 0.29) is 35.9 Å². The Labute approximate surface area is 259 Å². The van der Waals surface area contributed by atoms with Crippen LogP contribution >= 0.6 is 11.6 Å². The van der Waals surface area contributed by atoms with Gasteiger partial charge in [0.05, 0.1) is 17.0 Å². The summed E-state index contributed by atoms with van der Waals surface area (Å²) in [5.41, 5.74) is 0.456. The van der Waals surface area contributed by atoms with Gasteiger partial charge in [-0.25, -0.2) is 8.78 Å². The fourth-order valence-electron chi connectivity index (χ4n) is 7.67. The first-order valence-corrected chi connectivity index (χ1v) is 15.8. The minimum Gasteiger partial charge on any atom is -0.461 e. The van der Waals surface area contributed by atoms with Crippen LogP contribution in [0.4, 0.5) is 14.6 Å². The predicted molar refractivity (Wildman–Crippen MR) is 165 cm³/mol. The molecule has 0 N–H and O–H groups in total. The molecule has 226 valence electrons. The average molecular weight is 616 g/mol. The predicted octanol–water partition coefficient (Wildman–Crippen LogP) is 6.12. The van der Waals surface area contributed by atoms with Crippen LogP contribution in [0.5, 0.6) is 6.01 Å². The second kappa shape index (κ2) is 10.7. The fraction of sp³-hybridized carbons (Fsp3) is 0.455. The number of aromatic nitrogens is 3. The first-order valence-electron chi connectivity index (χ1n) is 15.4. The SMILES string of the molecule is N#CN1CCC(N(c2nc(OC[C@@]34CCCN3C[C@H](F)C4)nc3c(F)c(-c4cccc5cccc(Cl)c45)ncc23)C2CC2)C1. The van der Waals surface area contributed by atoms with Crippen molar-refractivity contribution in [2.24, 2.45) is 0 Å². The van der Waals surface area contributed by atoms with Crippen molar-refractivity contribution in [1.82, 2.24) is 24.8 Å². The van der Waals surface area contributed by atoms with E-state index >= 15 is 4.39 Å². The summed E-state index contributed by atoms with van der Waals surface area (Å²) >= 11 is 6.61. The number of anilines is 1. The highest BCUT2D eigenvalue weighted by Gasteiger charge is 2.49. The largest absolute Gasteiger partial charge is 0.461 e. The minimum atomic E-state index is -0.888. The van der Waals surface area contributed by atoms with Crippen molar-refractivity contribution < 1.29 is 13.5 Å². The lowest BCUT2D eigenvalue weighted by Crippen LogP contribution is -2.43. The van der Waals surface area contributed by atoms with Crippen molar-refractivity contribution in [2.45, 2.75) is 62.3 Å². The minimum absolute atomic E-state index is 0.0405. The summed E-state index contributed by atoms with van der Waals surface area (Å²) in [6.45, 7) is 2.74. The quantitative estimate of drug-likeness (QED) is 0.230. The normalized spacial score (nSPS) is 25.1. The Morgan fingerprint density at radius 1 is 1.09 bits per heavy atom. The van der Waals surface area contributed by atoms with Gasteiger partial charge in [0.1, 0.15) is 29.8 Å². The van der Waals surface area contributed by atoms with E-state index in [1.807, 2.05) is 30.3 Å². The molecule has 8 nitrogen and oxygen atoms in total. The molecular weight excluding hydrogens is 584 g/mol. The Morgan fingerprint density at radius 2 is 1.93 bits per heavy atom. The molecule has 3 saturated heterocycles. The Morgan fingerprint density at radius 3 is 2.73 bits per heavy atom. The molecule has 2 aromatic heterocycles. The molecule has 0 radical (unpaired) electrons. The van der Waals surface area contributed by atoms with Crippen molar-refractivity contribution in [3.05, 3.63) is 53.4 Å². The molecular formula is C33H32ClF2N7O. The summed E-state index contributed by atoms with van der Waals surface area (Å²) in [5, 5.41) is 12.2. The van der Waals surface area contributed by atoms with E-state index in [2.05, 4.69) is 26.0 Å². The second-order valence-corrected chi connectivity index (χ2v) is 13.1. The summed E-state index contributed by atoms with van der Waals surface area (Å²) in [4.78, 5) is 20.4. The number of alkyl halides is 1. The zero-order valence-electron chi connectivity index (χ0n) is 24.2. The highest BCUT2D eigenvalue weighted by molar-refractivity contribution is 6.36. The molecule has 0 amide bonds. The van der Waals surface area contributed by atoms with Gasteiger partial charge in [-0.3, -0.25) is 9.88 Å². The maximum absolute atomic E-state index is 16.8. The molecule has 1 saturated carbocycles. The number of fused-ring (bicyclic) bond motifs is 3. The van der Waals surface area contributed by atoms with Crippen molar-refractivity contribution in [1.29, 1.82) is 5.26 Å². The fourth-order valence-corrected chi connectivity index (χ4v) is 7.95. The smallest absolute Gasteiger partial charge is 0.319 e. The number of hydrogen-bond acceptors (Lipinski definition) is 8. The van der Waals surface area contributed by atoms with Crippen LogP contribution in [0.1, 0.15) is 38.5 Å². The number of ether oxygens (including phenoxy) is 1. The molecule has 4 aromatic rings. The number of likely N-dealkylation sites (tertiary alicyclic amines) is 1. The molecule has 4 aliphatic rings. The number of rotatable bonds is 7.